The highest BCUT2D eigenvalue weighted by Gasteiger charge is 2.31. The molecule has 0 aromatic carbocycles. The molecule has 0 bridgehead atoms. The molecule has 3 N–H and O–H groups in total. The van der Waals surface area contributed by atoms with E-state index in [1.807, 2.05) is 0 Å². The third kappa shape index (κ3) is 3.17. The standard InChI is InChI=1S/C12H26N2O2/c1-3-12(4-2,9-13)10-14-5-6-16-8-11(14)7-15/h11,15H,3-10,13H2,1-2H3. The Morgan fingerprint density at radius 3 is 2.62 bits per heavy atom. The summed E-state index contributed by atoms with van der Waals surface area (Å²) < 4.78 is 5.39. The van der Waals surface area contributed by atoms with Gasteiger partial charge in [-0.25, -0.2) is 0 Å². The summed E-state index contributed by atoms with van der Waals surface area (Å²) in [6.07, 6.45) is 2.19. The summed E-state index contributed by atoms with van der Waals surface area (Å²) in [6.45, 7) is 8.59. The Balaban J connectivity index is 2.61. The van der Waals surface area contributed by atoms with E-state index >= 15 is 0 Å². The second-order valence-electron chi connectivity index (χ2n) is 4.79. The first kappa shape index (κ1) is 13.9. The average molecular weight is 230 g/mol. The minimum atomic E-state index is 0.151. The van der Waals surface area contributed by atoms with Crippen molar-refractivity contribution in [3.63, 3.8) is 0 Å². The summed E-state index contributed by atoms with van der Waals surface area (Å²) >= 11 is 0. The van der Waals surface area contributed by atoms with Crippen LogP contribution in [0.1, 0.15) is 26.7 Å². The fourth-order valence-electron chi connectivity index (χ4n) is 2.32. The lowest BCUT2D eigenvalue weighted by Gasteiger charge is -2.41. The number of nitrogens with zero attached hydrogens (tertiary/aromatic N) is 1. The Kier molecular flexibility index (Phi) is 5.69. The van der Waals surface area contributed by atoms with Crippen molar-refractivity contribution in [2.75, 3.05) is 39.5 Å². The predicted molar refractivity (Wildman–Crippen MR) is 65.3 cm³/mol. The van der Waals surface area contributed by atoms with Crippen LogP contribution >= 0.6 is 0 Å². The molecule has 1 aliphatic heterocycles. The molecule has 0 radical (unpaired) electrons. The van der Waals surface area contributed by atoms with Crippen LogP contribution < -0.4 is 5.73 Å². The van der Waals surface area contributed by atoms with Crippen LogP contribution in [-0.4, -0.2) is 55.5 Å². The lowest BCUT2D eigenvalue weighted by Crippen LogP contribution is -2.53. The molecule has 96 valence electrons. The first-order valence-electron chi connectivity index (χ1n) is 6.34. The molecule has 4 nitrogen and oxygen atoms in total. The highest BCUT2D eigenvalue weighted by Crippen LogP contribution is 2.27. The van der Waals surface area contributed by atoms with Gasteiger partial charge in [-0.1, -0.05) is 13.8 Å². The zero-order chi connectivity index (χ0) is 12.0. The van der Waals surface area contributed by atoms with Crippen molar-refractivity contribution in [1.29, 1.82) is 0 Å². The molecule has 16 heavy (non-hydrogen) atoms. The number of nitrogens with two attached hydrogens (primary N) is 1. The Morgan fingerprint density at radius 2 is 2.12 bits per heavy atom. The number of ether oxygens (including phenoxy) is 1. The van der Waals surface area contributed by atoms with Crippen LogP contribution in [0.3, 0.4) is 0 Å². The second-order valence-corrected chi connectivity index (χ2v) is 4.79. The summed E-state index contributed by atoms with van der Waals surface area (Å²) in [4.78, 5) is 2.34. The normalized spacial score (nSPS) is 23.6. The lowest BCUT2D eigenvalue weighted by molar-refractivity contribution is -0.0448. The summed E-state index contributed by atoms with van der Waals surface area (Å²) in [7, 11) is 0. The first-order valence-corrected chi connectivity index (χ1v) is 6.34. The van der Waals surface area contributed by atoms with Crippen LogP contribution in [0.2, 0.25) is 0 Å². The lowest BCUT2D eigenvalue weighted by atomic mass is 9.81. The van der Waals surface area contributed by atoms with E-state index in [4.69, 9.17) is 10.5 Å². The van der Waals surface area contributed by atoms with Gasteiger partial charge >= 0.3 is 0 Å². The molecule has 1 heterocycles. The second kappa shape index (κ2) is 6.55. The molecule has 1 fully saturated rings. The summed E-state index contributed by atoms with van der Waals surface area (Å²) in [6, 6.07) is 0.151. The van der Waals surface area contributed by atoms with E-state index in [0.29, 0.717) is 6.61 Å². The summed E-state index contributed by atoms with van der Waals surface area (Å²) in [5, 5.41) is 9.32. The molecule has 1 unspecified atom stereocenters. The Bertz CT molecular complexity index is 187. The minimum Gasteiger partial charge on any atom is -0.395 e. The molecular weight excluding hydrogens is 204 g/mol. The van der Waals surface area contributed by atoms with E-state index < -0.39 is 0 Å². The molecule has 1 rings (SSSR count). The number of hydrogen-bond acceptors (Lipinski definition) is 4. The zero-order valence-corrected chi connectivity index (χ0v) is 10.6. The highest BCUT2D eigenvalue weighted by molar-refractivity contribution is 4.85. The monoisotopic (exact) mass is 230 g/mol. The third-order valence-electron chi connectivity index (χ3n) is 4.03. The molecule has 0 saturated carbocycles. The Labute approximate surface area is 98.8 Å². The fraction of sp³-hybridized carbons (Fsp3) is 1.00. The molecule has 0 amide bonds. The largest absolute Gasteiger partial charge is 0.395 e. The van der Waals surface area contributed by atoms with Gasteiger partial charge in [0.2, 0.25) is 0 Å². The fourth-order valence-corrected chi connectivity index (χ4v) is 2.32. The van der Waals surface area contributed by atoms with Crippen molar-refractivity contribution in [3.05, 3.63) is 0 Å². The number of rotatable bonds is 6. The average Bonchev–Trinajstić information content (AvgIpc) is 2.36. The van der Waals surface area contributed by atoms with Gasteiger partial charge in [-0.3, -0.25) is 4.90 Å². The van der Waals surface area contributed by atoms with Crippen molar-refractivity contribution >= 4 is 0 Å². The molecule has 1 aliphatic rings. The molecule has 4 heteroatoms. The Hall–Kier alpha value is -0.160. The number of aliphatic hydroxyl groups excluding tert-OH is 1. The van der Waals surface area contributed by atoms with Gasteiger partial charge in [-0.05, 0) is 24.8 Å². The molecule has 0 spiro atoms. The van der Waals surface area contributed by atoms with E-state index in [2.05, 4.69) is 18.7 Å². The van der Waals surface area contributed by atoms with Gasteiger partial charge in [-0.15, -0.1) is 0 Å². The molecule has 1 atom stereocenters. The van der Waals surface area contributed by atoms with Gasteiger partial charge < -0.3 is 15.6 Å². The van der Waals surface area contributed by atoms with Gasteiger partial charge in [0.1, 0.15) is 0 Å². The number of aliphatic hydroxyl groups is 1. The maximum Gasteiger partial charge on any atom is 0.0644 e. The van der Waals surface area contributed by atoms with Crippen molar-refractivity contribution in [2.45, 2.75) is 32.7 Å². The van der Waals surface area contributed by atoms with Crippen LogP contribution in [0.15, 0.2) is 0 Å². The van der Waals surface area contributed by atoms with Crippen LogP contribution in [0.4, 0.5) is 0 Å². The highest BCUT2D eigenvalue weighted by atomic mass is 16.5. The maximum absolute atomic E-state index is 9.32. The van der Waals surface area contributed by atoms with Gasteiger partial charge in [0.15, 0.2) is 0 Å². The van der Waals surface area contributed by atoms with Crippen LogP contribution in [0.5, 0.6) is 0 Å². The van der Waals surface area contributed by atoms with Crippen molar-refractivity contribution in [3.8, 4) is 0 Å². The third-order valence-corrected chi connectivity index (χ3v) is 4.03. The van der Waals surface area contributed by atoms with E-state index in [-0.39, 0.29) is 18.1 Å². The molecule has 0 aromatic heterocycles. The minimum absolute atomic E-state index is 0.151. The van der Waals surface area contributed by atoms with Crippen molar-refractivity contribution < 1.29 is 9.84 Å². The van der Waals surface area contributed by atoms with Gasteiger partial charge in [0.25, 0.3) is 0 Å². The van der Waals surface area contributed by atoms with Gasteiger partial charge in [0, 0.05) is 13.1 Å². The molecule has 1 saturated heterocycles. The zero-order valence-electron chi connectivity index (χ0n) is 10.6. The predicted octanol–water partition coefficient (Wildman–Crippen LogP) is 0.445. The molecule has 0 aliphatic carbocycles. The van der Waals surface area contributed by atoms with Crippen molar-refractivity contribution in [1.82, 2.24) is 4.90 Å². The number of hydrogen-bond donors (Lipinski definition) is 2. The summed E-state index contributed by atoms with van der Waals surface area (Å²) in [5.74, 6) is 0. The van der Waals surface area contributed by atoms with Crippen molar-refractivity contribution in [2.24, 2.45) is 11.1 Å². The van der Waals surface area contributed by atoms with Crippen LogP contribution in [0, 0.1) is 5.41 Å². The topological polar surface area (TPSA) is 58.7 Å². The smallest absolute Gasteiger partial charge is 0.0644 e. The number of morpholine rings is 1. The quantitative estimate of drug-likeness (QED) is 0.695. The van der Waals surface area contributed by atoms with Gasteiger partial charge in [-0.2, -0.15) is 0 Å². The van der Waals surface area contributed by atoms with Crippen LogP contribution in [-0.2, 0) is 4.74 Å². The SMILES string of the molecule is CCC(CC)(CN)CN1CCOCC1CO. The summed E-state index contributed by atoms with van der Waals surface area (Å²) in [5.41, 5.74) is 6.11. The Morgan fingerprint density at radius 1 is 1.44 bits per heavy atom. The van der Waals surface area contributed by atoms with Gasteiger partial charge in [0.05, 0.1) is 25.9 Å². The van der Waals surface area contributed by atoms with Crippen LogP contribution in [0.25, 0.3) is 0 Å². The molecule has 0 aromatic rings. The van der Waals surface area contributed by atoms with E-state index in [0.717, 1.165) is 39.1 Å². The molecular formula is C12H26N2O2. The maximum atomic E-state index is 9.32. The first-order chi connectivity index (χ1) is 7.71. The van der Waals surface area contributed by atoms with E-state index in [1.54, 1.807) is 0 Å². The van der Waals surface area contributed by atoms with E-state index in [9.17, 15) is 5.11 Å². The van der Waals surface area contributed by atoms with E-state index in [1.165, 1.54) is 0 Å².